The molecule has 2 aromatic carbocycles. The third-order valence-electron chi connectivity index (χ3n) is 2.78. The highest BCUT2D eigenvalue weighted by Crippen LogP contribution is 2.22. The number of hydrogen-bond acceptors (Lipinski definition) is 3. The molecule has 0 aliphatic heterocycles. The van der Waals surface area contributed by atoms with Gasteiger partial charge in [0.1, 0.15) is 17.3 Å². The van der Waals surface area contributed by atoms with Crippen molar-refractivity contribution in [2.24, 2.45) is 0 Å². The van der Waals surface area contributed by atoms with Gasteiger partial charge in [-0.25, -0.2) is 4.39 Å². The fourth-order valence-corrected chi connectivity index (χ4v) is 1.72. The van der Waals surface area contributed by atoms with E-state index in [9.17, 15) is 4.39 Å². The molecule has 0 aromatic heterocycles. The summed E-state index contributed by atoms with van der Waals surface area (Å²) in [5.41, 5.74) is 7.11. The van der Waals surface area contributed by atoms with E-state index in [4.69, 9.17) is 15.2 Å². The molecule has 0 heterocycles. The zero-order valence-electron chi connectivity index (χ0n) is 10.7. The van der Waals surface area contributed by atoms with E-state index in [1.54, 1.807) is 13.2 Å². The van der Waals surface area contributed by atoms with Gasteiger partial charge in [0.2, 0.25) is 0 Å². The maximum Gasteiger partial charge on any atom is 0.142 e. The van der Waals surface area contributed by atoms with Crippen molar-refractivity contribution < 1.29 is 13.9 Å². The van der Waals surface area contributed by atoms with Crippen molar-refractivity contribution in [2.45, 2.75) is 6.42 Å². The minimum atomic E-state index is -0.361. The lowest BCUT2D eigenvalue weighted by Crippen LogP contribution is -2.03. The molecule has 0 atom stereocenters. The number of nitrogen functional groups attached to an aromatic ring is 1. The van der Waals surface area contributed by atoms with Gasteiger partial charge in [-0.15, -0.1) is 0 Å². The molecular weight excluding hydrogens is 245 g/mol. The molecule has 0 amide bonds. The van der Waals surface area contributed by atoms with Gasteiger partial charge in [-0.3, -0.25) is 0 Å². The number of anilines is 1. The Morgan fingerprint density at radius 3 is 2.47 bits per heavy atom. The van der Waals surface area contributed by atoms with Crippen LogP contribution in [0.15, 0.2) is 42.5 Å². The van der Waals surface area contributed by atoms with E-state index in [0.29, 0.717) is 18.0 Å². The Morgan fingerprint density at radius 2 is 1.84 bits per heavy atom. The monoisotopic (exact) mass is 261 g/mol. The first-order valence-electron chi connectivity index (χ1n) is 6.00. The van der Waals surface area contributed by atoms with E-state index in [2.05, 4.69) is 0 Å². The Labute approximate surface area is 111 Å². The van der Waals surface area contributed by atoms with Gasteiger partial charge in [0.15, 0.2) is 0 Å². The number of methoxy groups -OCH3 is 1. The molecule has 0 fully saturated rings. The summed E-state index contributed by atoms with van der Waals surface area (Å²) < 4.78 is 23.5. The van der Waals surface area contributed by atoms with Crippen LogP contribution in [0.3, 0.4) is 0 Å². The highest BCUT2D eigenvalue weighted by atomic mass is 19.1. The van der Waals surface area contributed by atoms with Gasteiger partial charge < -0.3 is 15.2 Å². The second-order valence-corrected chi connectivity index (χ2v) is 4.13. The molecule has 0 aliphatic rings. The van der Waals surface area contributed by atoms with E-state index in [-0.39, 0.29) is 5.82 Å². The number of nitrogens with two attached hydrogens (primary N) is 1. The summed E-state index contributed by atoms with van der Waals surface area (Å²) in [5.74, 6) is 0.974. The fraction of sp³-hybridized carbons (Fsp3) is 0.200. The van der Waals surface area contributed by atoms with Gasteiger partial charge in [-0.1, -0.05) is 12.1 Å². The Kier molecular flexibility index (Phi) is 4.23. The molecule has 2 N–H and O–H groups in total. The first kappa shape index (κ1) is 13.2. The minimum absolute atomic E-state index is 0.315. The summed E-state index contributed by atoms with van der Waals surface area (Å²) in [5, 5.41) is 0. The number of rotatable bonds is 5. The molecule has 19 heavy (non-hydrogen) atoms. The molecule has 0 spiro atoms. The van der Waals surface area contributed by atoms with Gasteiger partial charge in [0.25, 0.3) is 0 Å². The van der Waals surface area contributed by atoms with Crippen LogP contribution in [0.25, 0.3) is 0 Å². The van der Waals surface area contributed by atoms with Crippen molar-refractivity contribution in [3.63, 3.8) is 0 Å². The van der Waals surface area contributed by atoms with E-state index >= 15 is 0 Å². The quantitative estimate of drug-likeness (QED) is 0.841. The largest absolute Gasteiger partial charge is 0.497 e. The maximum absolute atomic E-state index is 12.9. The van der Waals surface area contributed by atoms with Crippen LogP contribution < -0.4 is 15.2 Å². The molecule has 100 valence electrons. The van der Waals surface area contributed by atoms with E-state index in [1.807, 2.05) is 24.3 Å². The summed E-state index contributed by atoms with van der Waals surface area (Å²) in [7, 11) is 1.63. The van der Waals surface area contributed by atoms with Crippen LogP contribution in [0.5, 0.6) is 11.5 Å². The van der Waals surface area contributed by atoms with Crippen LogP contribution in [0, 0.1) is 5.82 Å². The van der Waals surface area contributed by atoms with Gasteiger partial charge in [-0.05, 0) is 29.8 Å². The standard InChI is InChI=1S/C15H16FNO2/c1-18-13-5-2-11(3-6-13)8-9-19-15-7-4-12(16)10-14(15)17/h2-7,10H,8-9,17H2,1H3. The second kappa shape index (κ2) is 6.09. The molecular formula is C15H16FNO2. The molecule has 2 aromatic rings. The van der Waals surface area contributed by atoms with Crippen molar-refractivity contribution in [2.75, 3.05) is 19.5 Å². The average molecular weight is 261 g/mol. The van der Waals surface area contributed by atoms with Crippen molar-refractivity contribution in [3.8, 4) is 11.5 Å². The Bertz CT molecular complexity index is 540. The molecule has 4 heteroatoms. The Hall–Kier alpha value is -2.23. The molecule has 3 nitrogen and oxygen atoms in total. The normalized spacial score (nSPS) is 10.2. The lowest BCUT2D eigenvalue weighted by atomic mass is 10.1. The van der Waals surface area contributed by atoms with Crippen LogP contribution in [0.2, 0.25) is 0 Å². The predicted octanol–water partition coefficient (Wildman–Crippen LogP) is 3.04. The van der Waals surface area contributed by atoms with Gasteiger partial charge in [-0.2, -0.15) is 0 Å². The van der Waals surface area contributed by atoms with Crippen LogP contribution in [0.4, 0.5) is 10.1 Å². The molecule has 0 saturated heterocycles. The molecule has 0 saturated carbocycles. The molecule has 0 aliphatic carbocycles. The average Bonchev–Trinajstić information content (AvgIpc) is 2.42. The van der Waals surface area contributed by atoms with Crippen LogP contribution >= 0.6 is 0 Å². The van der Waals surface area contributed by atoms with Crippen LogP contribution in [-0.4, -0.2) is 13.7 Å². The SMILES string of the molecule is COc1ccc(CCOc2ccc(F)cc2N)cc1. The van der Waals surface area contributed by atoms with Gasteiger partial charge in [0.05, 0.1) is 19.4 Å². The first-order valence-corrected chi connectivity index (χ1v) is 6.00. The molecule has 0 unspecified atom stereocenters. The van der Waals surface area contributed by atoms with E-state index in [1.165, 1.54) is 12.1 Å². The topological polar surface area (TPSA) is 44.5 Å². The maximum atomic E-state index is 12.9. The van der Waals surface area contributed by atoms with E-state index < -0.39 is 0 Å². The zero-order chi connectivity index (χ0) is 13.7. The van der Waals surface area contributed by atoms with Gasteiger partial charge in [0, 0.05) is 12.5 Å². The molecule has 0 bridgehead atoms. The summed E-state index contributed by atoms with van der Waals surface area (Å²) in [6.07, 6.45) is 0.751. The minimum Gasteiger partial charge on any atom is -0.497 e. The highest BCUT2D eigenvalue weighted by molar-refractivity contribution is 5.52. The summed E-state index contributed by atoms with van der Waals surface area (Å²) in [4.78, 5) is 0. The van der Waals surface area contributed by atoms with Crippen molar-refractivity contribution in [1.82, 2.24) is 0 Å². The van der Waals surface area contributed by atoms with Crippen molar-refractivity contribution >= 4 is 5.69 Å². The number of halogens is 1. The van der Waals surface area contributed by atoms with Crippen molar-refractivity contribution in [3.05, 3.63) is 53.8 Å². The number of hydrogen-bond donors (Lipinski definition) is 1. The van der Waals surface area contributed by atoms with E-state index in [0.717, 1.165) is 17.7 Å². The summed E-state index contributed by atoms with van der Waals surface area (Å²) in [6.45, 7) is 0.488. The molecule has 2 rings (SSSR count). The highest BCUT2D eigenvalue weighted by Gasteiger charge is 2.02. The fourth-order valence-electron chi connectivity index (χ4n) is 1.72. The predicted molar refractivity (Wildman–Crippen MR) is 73.0 cm³/mol. The summed E-state index contributed by atoms with van der Waals surface area (Å²) in [6, 6.07) is 11.9. The molecule has 0 radical (unpaired) electrons. The number of ether oxygens (including phenoxy) is 2. The number of benzene rings is 2. The summed E-state index contributed by atoms with van der Waals surface area (Å²) >= 11 is 0. The van der Waals surface area contributed by atoms with Crippen molar-refractivity contribution in [1.29, 1.82) is 0 Å². The Morgan fingerprint density at radius 1 is 1.11 bits per heavy atom. The van der Waals surface area contributed by atoms with Gasteiger partial charge >= 0.3 is 0 Å². The lowest BCUT2D eigenvalue weighted by molar-refractivity contribution is 0.323. The smallest absolute Gasteiger partial charge is 0.142 e. The van der Waals surface area contributed by atoms with Crippen LogP contribution in [0.1, 0.15) is 5.56 Å². The third kappa shape index (κ3) is 3.61. The van der Waals surface area contributed by atoms with Crippen LogP contribution in [-0.2, 0) is 6.42 Å². The zero-order valence-corrected chi connectivity index (χ0v) is 10.7. The first-order chi connectivity index (χ1) is 9.19. The third-order valence-corrected chi connectivity index (χ3v) is 2.78. The Balaban J connectivity index is 1.88. The lowest BCUT2D eigenvalue weighted by Gasteiger charge is -2.09. The second-order valence-electron chi connectivity index (χ2n) is 4.13.